The van der Waals surface area contributed by atoms with Gasteiger partial charge in [0.15, 0.2) is 0 Å². The number of hydrogen-bond donors (Lipinski definition) is 1. The number of benzene rings is 1. The van der Waals surface area contributed by atoms with Crippen LogP contribution in [-0.2, 0) is 0 Å². The van der Waals surface area contributed by atoms with Crippen LogP contribution in [0.3, 0.4) is 0 Å². The van der Waals surface area contributed by atoms with Crippen LogP contribution >= 0.6 is 15.9 Å². The van der Waals surface area contributed by atoms with Crippen molar-refractivity contribution in [2.24, 2.45) is 11.8 Å². The number of aryl methyl sites for hydroxylation is 1. The Morgan fingerprint density at radius 1 is 1.38 bits per heavy atom. The maximum absolute atomic E-state index is 11.1. The molecular weight excluding hydrogens is 332 g/mol. The van der Waals surface area contributed by atoms with E-state index in [0.29, 0.717) is 17.5 Å². The minimum atomic E-state index is -0.315. The molecule has 1 fully saturated rings. The third-order valence-corrected chi connectivity index (χ3v) is 5.16. The minimum absolute atomic E-state index is 0.178. The first-order chi connectivity index (χ1) is 9.88. The first kappa shape index (κ1) is 16.3. The summed E-state index contributed by atoms with van der Waals surface area (Å²) in [5.41, 5.74) is 1.69. The van der Waals surface area contributed by atoms with Gasteiger partial charge in [-0.3, -0.25) is 10.1 Å². The van der Waals surface area contributed by atoms with Gasteiger partial charge >= 0.3 is 0 Å². The van der Waals surface area contributed by atoms with Crippen LogP contribution in [0, 0.1) is 28.9 Å². The first-order valence-corrected chi connectivity index (χ1v) is 8.39. The van der Waals surface area contributed by atoms with E-state index in [0.717, 1.165) is 28.9 Å². The summed E-state index contributed by atoms with van der Waals surface area (Å²) in [6.07, 6.45) is 4.81. The zero-order chi connectivity index (χ0) is 15.6. The fourth-order valence-electron chi connectivity index (χ4n) is 3.15. The van der Waals surface area contributed by atoms with Crippen LogP contribution in [0.25, 0.3) is 0 Å². The molecule has 0 aromatic heterocycles. The molecule has 0 amide bonds. The highest BCUT2D eigenvalue weighted by Crippen LogP contribution is 2.35. The molecule has 1 N–H and O–H groups in total. The van der Waals surface area contributed by atoms with Crippen LogP contribution in [0.5, 0.6) is 0 Å². The smallest absolute Gasteiger partial charge is 0.274 e. The lowest BCUT2D eigenvalue weighted by molar-refractivity contribution is -0.385. The molecule has 0 radical (unpaired) electrons. The normalized spacial score (nSPS) is 22.3. The van der Waals surface area contributed by atoms with Gasteiger partial charge in [0.2, 0.25) is 0 Å². The van der Waals surface area contributed by atoms with E-state index in [-0.39, 0.29) is 10.6 Å². The van der Waals surface area contributed by atoms with E-state index in [9.17, 15) is 10.1 Å². The Bertz CT molecular complexity index is 531. The lowest BCUT2D eigenvalue weighted by atomic mass is 9.79. The van der Waals surface area contributed by atoms with Crippen LogP contribution in [0.2, 0.25) is 0 Å². The lowest BCUT2D eigenvalue weighted by Gasteiger charge is -2.32. The summed E-state index contributed by atoms with van der Waals surface area (Å²) in [6.45, 7) is 6.32. The van der Waals surface area contributed by atoms with Crippen molar-refractivity contribution >= 4 is 27.3 Å². The molecule has 1 aliphatic rings. The summed E-state index contributed by atoms with van der Waals surface area (Å²) in [5.74, 6) is 1.45. The molecule has 5 heteroatoms. The van der Waals surface area contributed by atoms with Crippen LogP contribution in [0.15, 0.2) is 16.6 Å². The van der Waals surface area contributed by atoms with Gasteiger partial charge in [0.1, 0.15) is 0 Å². The third-order valence-electron chi connectivity index (χ3n) is 4.50. The van der Waals surface area contributed by atoms with E-state index in [2.05, 4.69) is 35.1 Å². The number of anilines is 1. The molecule has 2 unspecified atom stereocenters. The van der Waals surface area contributed by atoms with Gasteiger partial charge in [0, 0.05) is 22.1 Å². The van der Waals surface area contributed by atoms with E-state index in [1.54, 1.807) is 13.0 Å². The molecule has 0 saturated heterocycles. The second kappa shape index (κ2) is 6.77. The number of halogens is 1. The third kappa shape index (κ3) is 3.96. The number of nitro benzene ring substituents is 1. The number of nitrogens with one attached hydrogen (secondary N) is 1. The van der Waals surface area contributed by atoms with Gasteiger partial charge in [-0.25, -0.2) is 0 Å². The first-order valence-electron chi connectivity index (χ1n) is 7.59. The van der Waals surface area contributed by atoms with Crippen LogP contribution < -0.4 is 5.32 Å². The summed E-state index contributed by atoms with van der Waals surface area (Å²) in [5, 5.41) is 14.6. The van der Waals surface area contributed by atoms with Crippen molar-refractivity contribution in [1.82, 2.24) is 0 Å². The predicted octanol–water partition coefficient (Wildman–Crippen LogP) is 5.29. The summed E-state index contributed by atoms with van der Waals surface area (Å²) in [4.78, 5) is 10.8. The number of hydrogen-bond acceptors (Lipinski definition) is 3. The van der Waals surface area contributed by atoms with Crippen molar-refractivity contribution in [3.05, 3.63) is 32.3 Å². The maximum atomic E-state index is 11.1. The van der Waals surface area contributed by atoms with Crippen molar-refractivity contribution < 1.29 is 4.92 Å². The van der Waals surface area contributed by atoms with Gasteiger partial charge in [-0.15, -0.1) is 0 Å². The number of nitrogens with zero attached hydrogens (tertiary/aromatic N) is 1. The quantitative estimate of drug-likeness (QED) is 0.590. The largest absolute Gasteiger partial charge is 0.381 e. The molecule has 2 atom stereocenters. The standard InChI is InChI=1S/C16H23BrN2O2/c1-10(2)12-5-4-6-13(8-12)18-15-9-16(19(20)21)11(3)7-14(15)17/h7,9-10,12-13,18H,4-6,8H2,1-3H3. The van der Waals surface area contributed by atoms with Crippen LogP contribution in [0.4, 0.5) is 11.4 Å². The van der Waals surface area contributed by atoms with Gasteiger partial charge in [0.25, 0.3) is 5.69 Å². The second-order valence-corrected chi connectivity index (χ2v) is 7.24. The van der Waals surface area contributed by atoms with E-state index >= 15 is 0 Å². The van der Waals surface area contributed by atoms with Crippen molar-refractivity contribution in [1.29, 1.82) is 0 Å². The fourth-order valence-corrected chi connectivity index (χ4v) is 3.72. The molecular formula is C16H23BrN2O2. The minimum Gasteiger partial charge on any atom is -0.381 e. The highest BCUT2D eigenvalue weighted by Gasteiger charge is 2.25. The van der Waals surface area contributed by atoms with E-state index in [1.165, 1.54) is 12.8 Å². The van der Waals surface area contributed by atoms with Crippen LogP contribution in [-0.4, -0.2) is 11.0 Å². The zero-order valence-electron chi connectivity index (χ0n) is 12.9. The molecule has 0 bridgehead atoms. The molecule has 0 heterocycles. The Labute approximate surface area is 134 Å². The van der Waals surface area contributed by atoms with E-state index in [4.69, 9.17) is 0 Å². The van der Waals surface area contributed by atoms with Gasteiger partial charge < -0.3 is 5.32 Å². The van der Waals surface area contributed by atoms with Gasteiger partial charge in [-0.2, -0.15) is 0 Å². The molecule has 0 spiro atoms. The Morgan fingerprint density at radius 3 is 2.71 bits per heavy atom. The molecule has 1 aromatic carbocycles. The predicted molar refractivity (Wildman–Crippen MR) is 89.7 cm³/mol. The molecule has 1 saturated carbocycles. The second-order valence-electron chi connectivity index (χ2n) is 6.39. The van der Waals surface area contributed by atoms with Crippen molar-refractivity contribution in [3.8, 4) is 0 Å². The lowest BCUT2D eigenvalue weighted by Crippen LogP contribution is -2.29. The monoisotopic (exact) mass is 354 g/mol. The van der Waals surface area contributed by atoms with Gasteiger partial charge in [-0.1, -0.05) is 26.7 Å². The number of rotatable bonds is 4. The number of nitro groups is 1. The molecule has 4 nitrogen and oxygen atoms in total. The Kier molecular flexibility index (Phi) is 5.25. The molecule has 21 heavy (non-hydrogen) atoms. The Balaban J connectivity index is 2.15. The Hall–Kier alpha value is -1.10. The maximum Gasteiger partial charge on any atom is 0.274 e. The van der Waals surface area contributed by atoms with Crippen LogP contribution in [0.1, 0.15) is 45.1 Å². The SMILES string of the molecule is Cc1cc(Br)c(NC2CCCC(C(C)C)C2)cc1[N+](=O)[O-]. The highest BCUT2D eigenvalue weighted by atomic mass is 79.9. The highest BCUT2D eigenvalue weighted by molar-refractivity contribution is 9.10. The molecule has 116 valence electrons. The van der Waals surface area contributed by atoms with Gasteiger partial charge in [-0.05, 0) is 53.6 Å². The van der Waals surface area contributed by atoms with Crippen molar-refractivity contribution in [3.63, 3.8) is 0 Å². The van der Waals surface area contributed by atoms with E-state index in [1.807, 2.05) is 6.07 Å². The van der Waals surface area contributed by atoms with Crippen molar-refractivity contribution in [2.45, 2.75) is 52.5 Å². The van der Waals surface area contributed by atoms with Crippen molar-refractivity contribution in [2.75, 3.05) is 5.32 Å². The molecule has 1 aliphatic carbocycles. The average Bonchev–Trinajstić information content (AvgIpc) is 2.41. The fraction of sp³-hybridized carbons (Fsp3) is 0.625. The molecule has 1 aromatic rings. The summed E-state index contributed by atoms with van der Waals surface area (Å²) in [7, 11) is 0. The zero-order valence-corrected chi connectivity index (χ0v) is 14.4. The van der Waals surface area contributed by atoms with Gasteiger partial charge in [0.05, 0.1) is 10.6 Å². The average molecular weight is 355 g/mol. The molecule has 0 aliphatic heterocycles. The molecule has 2 rings (SSSR count). The van der Waals surface area contributed by atoms with E-state index < -0.39 is 0 Å². The Morgan fingerprint density at radius 2 is 2.10 bits per heavy atom. The topological polar surface area (TPSA) is 55.2 Å². The summed E-state index contributed by atoms with van der Waals surface area (Å²) < 4.78 is 0.900. The summed E-state index contributed by atoms with van der Waals surface area (Å²) >= 11 is 3.52. The summed E-state index contributed by atoms with van der Waals surface area (Å²) in [6, 6.07) is 3.88.